The summed E-state index contributed by atoms with van der Waals surface area (Å²) in [4.78, 5) is 0. The number of hydrogen-bond donors (Lipinski definition) is 0. The van der Waals surface area contributed by atoms with Crippen molar-refractivity contribution in [2.45, 2.75) is 0 Å². The Hall–Kier alpha value is -7.36. The maximum absolute atomic E-state index is 6.19. The molecule has 0 N–H and O–H groups in total. The molecule has 12 rings (SSSR count). The minimum absolute atomic E-state index is 0.903. The number of aromatic nitrogens is 2. The molecule has 0 aliphatic rings. The lowest BCUT2D eigenvalue weighted by atomic mass is 9.94. The van der Waals surface area contributed by atoms with Gasteiger partial charge >= 0.3 is 0 Å². The Kier molecular flexibility index (Phi) is 6.34. The average Bonchev–Trinajstić information content (AvgIpc) is 3.91. The maximum Gasteiger partial charge on any atom is 0.135 e. The summed E-state index contributed by atoms with van der Waals surface area (Å²) in [5.41, 5.74) is 13.7. The van der Waals surface area contributed by atoms with Gasteiger partial charge in [-0.05, 0) is 100 Å². The topological polar surface area (TPSA) is 23.0 Å². The highest BCUT2D eigenvalue weighted by atomic mass is 16.3. The van der Waals surface area contributed by atoms with Crippen molar-refractivity contribution in [2.75, 3.05) is 0 Å². The SMILES string of the molecule is c1ccc(-c2cc3ccccc3c3c2c2cc(-c4ccc5c(c4)c4ccccc4n5-c4ccc5oc6ccccc6c5c4)ccc2n3-c2ccccc2)cc1. The number of para-hydroxylation sites is 3. The molecule has 3 heteroatoms. The van der Waals surface area contributed by atoms with Crippen molar-refractivity contribution in [3.8, 4) is 33.6 Å². The Morgan fingerprint density at radius 1 is 0.327 bits per heavy atom. The monoisotopic (exact) mass is 700 g/mol. The maximum atomic E-state index is 6.19. The van der Waals surface area contributed by atoms with Crippen molar-refractivity contribution in [3.63, 3.8) is 0 Å². The zero-order chi connectivity index (χ0) is 36.0. The molecule has 0 amide bonds. The fourth-order valence-corrected chi connectivity index (χ4v) is 9.04. The van der Waals surface area contributed by atoms with Gasteiger partial charge in [-0.3, -0.25) is 0 Å². The fraction of sp³-hybridized carbons (Fsp3) is 0. The minimum Gasteiger partial charge on any atom is -0.456 e. The van der Waals surface area contributed by atoms with Gasteiger partial charge in [-0.25, -0.2) is 0 Å². The fourth-order valence-electron chi connectivity index (χ4n) is 9.04. The zero-order valence-electron chi connectivity index (χ0n) is 29.8. The molecule has 0 bridgehead atoms. The number of nitrogens with zero attached hydrogens (tertiary/aromatic N) is 2. The third-order valence-electron chi connectivity index (χ3n) is 11.5. The first-order valence-electron chi connectivity index (χ1n) is 18.8. The second-order valence-electron chi connectivity index (χ2n) is 14.5. The molecule has 3 aromatic heterocycles. The predicted molar refractivity (Wildman–Crippen MR) is 231 cm³/mol. The van der Waals surface area contributed by atoms with Crippen molar-refractivity contribution in [1.29, 1.82) is 0 Å². The third-order valence-corrected chi connectivity index (χ3v) is 11.5. The van der Waals surface area contributed by atoms with Crippen LogP contribution in [0, 0.1) is 0 Å². The molecule has 0 saturated heterocycles. The molecule has 0 radical (unpaired) electrons. The van der Waals surface area contributed by atoms with Crippen LogP contribution >= 0.6 is 0 Å². The molecule has 256 valence electrons. The quantitative estimate of drug-likeness (QED) is 0.179. The van der Waals surface area contributed by atoms with Crippen LogP contribution in [0.25, 0.3) is 110 Å². The van der Waals surface area contributed by atoms with E-state index in [9.17, 15) is 0 Å². The van der Waals surface area contributed by atoms with Gasteiger partial charge in [-0.1, -0.05) is 121 Å². The van der Waals surface area contributed by atoms with Gasteiger partial charge in [0.15, 0.2) is 0 Å². The van der Waals surface area contributed by atoms with E-state index in [1.807, 2.05) is 12.1 Å². The highest BCUT2D eigenvalue weighted by molar-refractivity contribution is 6.24. The number of hydrogen-bond acceptors (Lipinski definition) is 1. The van der Waals surface area contributed by atoms with Crippen LogP contribution in [0.3, 0.4) is 0 Å². The highest BCUT2D eigenvalue weighted by Gasteiger charge is 2.21. The van der Waals surface area contributed by atoms with Crippen LogP contribution in [0.15, 0.2) is 199 Å². The first-order valence-corrected chi connectivity index (χ1v) is 18.8. The first kappa shape index (κ1) is 30.1. The van der Waals surface area contributed by atoms with E-state index in [1.54, 1.807) is 0 Å². The van der Waals surface area contributed by atoms with Crippen molar-refractivity contribution >= 4 is 76.3 Å². The van der Waals surface area contributed by atoms with Gasteiger partial charge < -0.3 is 13.6 Å². The number of benzene rings is 9. The van der Waals surface area contributed by atoms with E-state index in [4.69, 9.17) is 4.42 Å². The smallest absolute Gasteiger partial charge is 0.135 e. The van der Waals surface area contributed by atoms with E-state index in [0.717, 1.165) is 33.3 Å². The van der Waals surface area contributed by atoms with Crippen LogP contribution in [0.5, 0.6) is 0 Å². The predicted octanol–water partition coefficient (Wildman–Crippen LogP) is 14.3. The minimum atomic E-state index is 0.903. The Balaban J connectivity index is 1.11. The van der Waals surface area contributed by atoms with E-state index in [-0.39, 0.29) is 0 Å². The van der Waals surface area contributed by atoms with Crippen LogP contribution in [-0.4, -0.2) is 9.13 Å². The van der Waals surface area contributed by atoms with Gasteiger partial charge in [0.25, 0.3) is 0 Å². The van der Waals surface area contributed by atoms with E-state index < -0.39 is 0 Å². The number of fused-ring (bicyclic) bond motifs is 11. The van der Waals surface area contributed by atoms with Crippen LogP contribution in [0.4, 0.5) is 0 Å². The molecule has 0 unspecified atom stereocenters. The van der Waals surface area contributed by atoms with Gasteiger partial charge in [0.2, 0.25) is 0 Å². The molecular formula is C52H32N2O. The highest BCUT2D eigenvalue weighted by Crippen LogP contribution is 2.44. The standard InChI is InChI=1S/C52H32N2O/c1-3-13-33(14-4-1)42-31-36-15-7-8-18-39(36)52-51(42)45-30-35(24-27-48(45)54(52)37-16-5-2-6-17-37)34-23-26-47-43(29-34)40-19-9-11-21-46(40)53(47)38-25-28-50-44(32-38)41-20-10-12-22-49(41)55-50/h1-32H. The number of rotatable bonds is 4. The van der Waals surface area contributed by atoms with Gasteiger partial charge in [0.05, 0.1) is 22.1 Å². The summed E-state index contributed by atoms with van der Waals surface area (Å²) in [6.07, 6.45) is 0. The van der Waals surface area contributed by atoms with Gasteiger partial charge in [0.1, 0.15) is 11.2 Å². The lowest BCUT2D eigenvalue weighted by Crippen LogP contribution is -1.94. The molecule has 0 spiro atoms. The summed E-state index contributed by atoms with van der Waals surface area (Å²) in [5.74, 6) is 0. The van der Waals surface area contributed by atoms with E-state index in [2.05, 4.69) is 191 Å². The molecule has 12 aromatic rings. The van der Waals surface area contributed by atoms with Crippen molar-refractivity contribution in [1.82, 2.24) is 9.13 Å². The van der Waals surface area contributed by atoms with Gasteiger partial charge in [-0.2, -0.15) is 0 Å². The second-order valence-corrected chi connectivity index (χ2v) is 14.5. The summed E-state index contributed by atoms with van der Waals surface area (Å²) < 4.78 is 11.0. The largest absolute Gasteiger partial charge is 0.456 e. The molecule has 9 aromatic carbocycles. The summed E-state index contributed by atoms with van der Waals surface area (Å²) in [5, 5.41) is 9.71. The molecule has 0 aliphatic carbocycles. The van der Waals surface area contributed by atoms with Crippen LogP contribution in [0.2, 0.25) is 0 Å². The summed E-state index contributed by atoms with van der Waals surface area (Å²) in [6, 6.07) is 70.4. The van der Waals surface area contributed by atoms with Gasteiger partial charge in [0, 0.05) is 49.1 Å². The van der Waals surface area contributed by atoms with E-state index in [0.29, 0.717) is 0 Å². The first-order chi connectivity index (χ1) is 27.3. The number of furan rings is 1. The Bertz CT molecular complexity index is 3470. The molecule has 3 heterocycles. The summed E-state index contributed by atoms with van der Waals surface area (Å²) in [6.45, 7) is 0. The van der Waals surface area contributed by atoms with Crippen molar-refractivity contribution in [2.24, 2.45) is 0 Å². The molecule has 0 fully saturated rings. The normalized spacial score (nSPS) is 12.0. The van der Waals surface area contributed by atoms with E-state index >= 15 is 0 Å². The lowest BCUT2D eigenvalue weighted by Gasteiger charge is -2.12. The Labute approximate surface area is 316 Å². The summed E-state index contributed by atoms with van der Waals surface area (Å²) in [7, 11) is 0. The lowest BCUT2D eigenvalue weighted by molar-refractivity contribution is 0.669. The van der Waals surface area contributed by atoms with Crippen LogP contribution in [-0.2, 0) is 0 Å². The Morgan fingerprint density at radius 2 is 0.945 bits per heavy atom. The van der Waals surface area contributed by atoms with Crippen molar-refractivity contribution < 1.29 is 4.42 Å². The molecule has 0 aliphatic heterocycles. The van der Waals surface area contributed by atoms with E-state index in [1.165, 1.54) is 76.6 Å². The van der Waals surface area contributed by atoms with Crippen molar-refractivity contribution in [3.05, 3.63) is 194 Å². The van der Waals surface area contributed by atoms with Gasteiger partial charge in [-0.15, -0.1) is 0 Å². The Morgan fingerprint density at radius 3 is 1.76 bits per heavy atom. The average molecular weight is 701 g/mol. The molecular weight excluding hydrogens is 669 g/mol. The van der Waals surface area contributed by atoms with Crippen LogP contribution < -0.4 is 0 Å². The molecule has 55 heavy (non-hydrogen) atoms. The second kappa shape index (κ2) is 11.6. The van der Waals surface area contributed by atoms with Crippen LogP contribution in [0.1, 0.15) is 0 Å². The third kappa shape index (κ3) is 4.44. The summed E-state index contributed by atoms with van der Waals surface area (Å²) >= 11 is 0. The molecule has 0 atom stereocenters. The zero-order valence-corrected chi connectivity index (χ0v) is 29.8. The molecule has 3 nitrogen and oxygen atoms in total. The molecule has 0 saturated carbocycles.